The lowest BCUT2D eigenvalue weighted by Gasteiger charge is -2.24. The topological polar surface area (TPSA) is 75.7 Å². The Labute approximate surface area is 178 Å². The van der Waals surface area contributed by atoms with E-state index < -0.39 is 28.3 Å². The number of rotatable bonds is 7. The summed E-state index contributed by atoms with van der Waals surface area (Å²) < 4.78 is 45.9. The molecule has 0 aromatic heterocycles. The smallest absolute Gasteiger partial charge is 0.264 e. The number of halogens is 2. The van der Waals surface area contributed by atoms with Crippen LogP contribution in [-0.2, 0) is 14.8 Å². The Morgan fingerprint density at radius 3 is 2.33 bits per heavy atom. The predicted molar refractivity (Wildman–Crippen MR) is 114 cm³/mol. The molecule has 1 N–H and O–H groups in total. The summed E-state index contributed by atoms with van der Waals surface area (Å²) in [4.78, 5) is 12.7. The van der Waals surface area contributed by atoms with Crippen LogP contribution >= 0.6 is 11.6 Å². The number of carbonyl (C=O) groups excluding carboxylic acids is 1. The van der Waals surface area contributed by atoms with Gasteiger partial charge in [0, 0.05) is 5.69 Å². The van der Waals surface area contributed by atoms with E-state index in [0.717, 1.165) is 10.4 Å². The van der Waals surface area contributed by atoms with E-state index in [4.69, 9.17) is 16.3 Å². The summed E-state index contributed by atoms with van der Waals surface area (Å²) in [7, 11) is -2.54. The van der Waals surface area contributed by atoms with Gasteiger partial charge >= 0.3 is 0 Å². The highest BCUT2D eigenvalue weighted by Gasteiger charge is 2.27. The maximum absolute atomic E-state index is 13.3. The first-order chi connectivity index (χ1) is 14.3. The summed E-state index contributed by atoms with van der Waals surface area (Å²) in [5.74, 6) is -0.699. The van der Waals surface area contributed by atoms with Crippen molar-refractivity contribution in [3.05, 3.63) is 83.6 Å². The number of sulfonamides is 1. The van der Waals surface area contributed by atoms with Gasteiger partial charge in [0.15, 0.2) is 0 Å². The third-order valence-corrected chi connectivity index (χ3v) is 6.26. The Bertz CT molecular complexity index is 1140. The van der Waals surface area contributed by atoms with Crippen LogP contribution in [-0.4, -0.2) is 28.0 Å². The Hall–Kier alpha value is -3.10. The molecule has 0 bridgehead atoms. The number of hydrogen-bond donors (Lipinski definition) is 1. The molecule has 0 aliphatic heterocycles. The second-order valence-corrected chi connectivity index (χ2v) is 8.47. The van der Waals surface area contributed by atoms with E-state index in [2.05, 4.69) is 5.32 Å². The van der Waals surface area contributed by atoms with E-state index in [9.17, 15) is 17.6 Å². The van der Waals surface area contributed by atoms with Crippen molar-refractivity contribution in [1.82, 2.24) is 0 Å². The van der Waals surface area contributed by atoms with Crippen molar-refractivity contribution in [3.63, 3.8) is 0 Å². The van der Waals surface area contributed by atoms with Crippen LogP contribution in [0.4, 0.5) is 15.8 Å². The van der Waals surface area contributed by atoms with Gasteiger partial charge in [0.1, 0.15) is 18.1 Å². The van der Waals surface area contributed by atoms with Crippen LogP contribution in [0.15, 0.2) is 77.7 Å². The molecule has 3 aromatic rings. The van der Waals surface area contributed by atoms with Gasteiger partial charge in [0.2, 0.25) is 5.91 Å². The Balaban J connectivity index is 1.92. The van der Waals surface area contributed by atoms with Gasteiger partial charge in [0.25, 0.3) is 10.0 Å². The number of ether oxygens (including phenoxy) is 1. The number of amides is 1. The van der Waals surface area contributed by atoms with Crippen molar-refractivity contribution in [2.24, 2.45) is 0 Å². The molecule has 0 atom stereocenters. The van der Waals surface area contributed by atoms with Crippen molar-refractivity contribution in [2.75, 3.05) is 23.3 Å². The fourth-order valence-electron chi connectivity index (χ4n) is 2.69. The first kappa shape index (κ1) is 21.6. The molecule has 0 saturated heterocycles. The van der Waals surface area contributed by atoms with Gasteiger partial charge in [-0.05, 0) is 54.6 Å². The monoisotopic (exact) mass is 448 g/mol. The fourth-order valence-corrected chi connectivity index (χ4v) is 4.31. The van der Waals surface area contributed by atoms with Crippen LogP contribution in [0.5, 0.6) is 5.75 Å². The molecule has 156 valence electrons. The van der Waals surface area contributed by atoms with Gasteiger partial charge in [0.05, 0.1) is 22.7 Å². The number of anilines is 2. The van der Waals surface area contributed by atoms with Crippen molar-refractivity contribution < 1.29 is 22.3 Å². The zero-order valence-electron chi connectivity index (χ0n) is 15.9. The summed E-state index contributed by atoms with van der Waals surface area (Å²) in [6, 6.07) is 17.8. The predicted octanol–water partition coefficient (Wildman–Crippen LogP) is 4.32. The normalized spacial score (nSPS) is 11.0. The van der Waals surface area contributed by atoms with Gasteiger partial charge in [-0.2, -0.15) is 0 Å². The molecule has 0 aliphatic carbocycles. The quantitative estimate of drug-likeness (QED) is 0.584. The molecule has 1 amide bonds. The number of hydrogen-bond acceptors (Lipinski definition) is 4. The number of methoxy groups -OCH3 is 1. The minimum absolute atomic E-state index is 0.0402. The molecule has 0 heterocycles. The lowest BCUT2D eigenvalue weighted by atomic mass is 10.3. The van der Waals surface area contributed by atoms with Crippen LogP contribution in [0.1, 0.15) is 0 Å². The molecule has 0 fully saturated rings. The third-order valence-electron chi connectivity index (χ3n) is 4.18. The van der Waals surface area contributed by atoms with Crippen LogP contribution < -0.4 is 14.4 Å². The molecule has 9 heteroatoms. The molecule has 0 spiro atoms. The molecule has 30 heavy (non-hydrogen) atoms. The summed E-state index contributed by atoms with van der Waals surface area (Å²) in [5, 5.41) is 2.38. The number of carbonyl (C=O) groups is 1. The zero-order valence-corrected chi connectivity index (χ0v) is 17.5. The molecular formula is C21H18ClFN2O4S. The summed E-state index contributed by atoms with van der Waals surface area (Å²) in [6.07, 6.45) is 0. The lowest BCUT2D eigenvalue weighted by molar-refractivity contribution is -0.114. The Kier molecular flexibility index (Phi) is 6.59. The second-order valence-electron chi connectivity index (χ2n) is 6.20. The first-order valence-corrected chi connectivity index (χ1v) is 10.6. The molecule has 0 radical (unpaired) electrons. The number of nitrogens with one attached hydrogen (secondary N) is 1. The van der Waals surface area contributed by atoms with Crippen LogP contribution in [0.25, 0.3) is 0 Å². The molecule has 3 rings (SSSR count). The van der Waals surface area contributed by atoms with Gasteiger partial charge in [-0.1, -0.05) is 29.8 Å². The molecule has 3 aromatic carbocycles. The lowest BCUT2D eigenvalue weighted by Crippen LogP contribution is -2.38. The third kappa shape index (κ3) is 4.90. The van der Waals surface area contributed by atoms with Crippen LogP contribution in [0.2, 0.25) is 5.02 Å². The van der Waals surface area contributed by atoms with Crippen molar-refractivity contribution in [3.8, 4) is 5.75 Å². The summed E-state index contributed by atoms with van der Waals surface area (Å²) >= 11 is 5.74. The molecular weight excluding hydrogens is 431 g/mol. The van der Waals surface area contributed by atoms with Gasteiger partial charge in [-0.15, -0.1) is 0 Å². The van der Waals surface area contributed by atoms with Gasteiger partial charge < -0.3 is 10.1 Å². The first-order valence-electron chi connectivity index (χ1n) is 8.78. The van der Waals surface area contributed by atoms with Gasteiger partial charge in [-0.25, -0.2) is 12.8 Å². The molecule has 0 unspecified atom stereocenters. The molecule has 0 saturated carbocycles. The minimum Gasteiger partial charge on any atom is -0.497 e. The van der Waals surface area contributed by atoms with Gasteiger partial charge in [-0.3, -0.25) is 9.10 Å². The zero-order chi connectivity index (χ0) is 21.7. The molecule has 6 nitrogen and oxygen atoms in total. The number of nitrogens with zero attached hydrogens (tertiary/aromatic N) is 1. The van der Waals surface area contributed by atoms with Crippen molar-refractivity contribution >= 4 is 38.9 Å². The average molecular weight is 449 g/mol. The van der Waals surface area contributed by atoms with E-state index >= 15 is 0 Å². The van der Waals surface area contributed by atoms with Crippen molar-refractivity contribution in [1.29, 1.82) is 0 Å². The minimum atomic E-state index is -4.03. The van der Waals surface area contributed by atoms with E-state index in [1.54, 1.807) is 42.5 Å². The second kappa shape index (κ2) is 9.15. The van der Waals surface area contributed by atoms with E-state index in [1.807, 2.05) is 0 Å². The molecule has 0 aliphatic rings. The maximum Gasteiger partial charge on any atom is 0.264 e. The maximum atomic E-state index is 13.3. The van der Waals surface area contributed by atoms with Crippen molar-refractivity contribution in [2.45, 2.75) is 4.90 Å². The average Bonchev–Trinajstić information content (AvgIpc) is 2.75. The summed E-state index contributed by atoms with van der Waals surface area (Å²) in [6.45, 7) is -0.501. The van der Waals surface area contributed by atoms with Crippen LogP contribution in [0, 0.1) is 5.82 Å². The number of benzene rings is 3. The van der Waals surface area contributed by atoms with Crippen LogP contribution in [0.3, 0.4) is 0 Å². The Morgan fingerprint density at radius 1 is 1.07 bits per heavy atom. The van der Waals surface area contributed by atoms with E-state index in [1.165, 1.54) is 31.4 Å². The highest BCUT2D eigenvalue weighted by atomic mass is 35.5. The van der Waals surface area contributed by atoms with E-state index in [0.29, 0.717) is 5.75 Å². The Morgan fingerprint density at radius 2 is 1.73 bits per heavy atom. The standard InChI is InChI=1S/C21H18ClFN2O4S/c1-29-17-10-8-16(9-11-17)25(30(27,28)18-5-3-2-4-6-18)14-21(26)24-15-7-12-20(23)19(22)13-15/h2-13H,14H2,1H3,(H,24,26). The largest absolute Gasteiger partial charge is 0.497 e. The highest BCUT2D eigenvalue weighted by molar-refractivity contribution is 7.92. The summed E-state index contributed by atoms with van der Waals surface area (Å²) in [5.41, 5.74) is 0.533. The van der Waals surface area contributed by atoms with E-state index in [-0.39, 0.29) is 21.3 Å². The fraction of sp³-hybridized carbons (Fsp3) is 0.0952. The highest BCUT2D eigenvalue weighted by Crippen LogP contribution is 2.26. The SMILES string of the molecule is COc1ccc(N(CC(=O)Nc2ccc(F)c(Cl)c2)S(=O)(=O)c2ccccc2)cc1.